The van der Waals surface area contributed by atoms with Crippen LogP contribution in [0.15, 0.2) is 48.8 Å². The van der Waals surface area contributed by atoms with E-state index in [1.165, 1.54) is 10.6 Å². The summed E-state index contributed by atoms with van der Waals surface area (Å²) in [5.41, 5.74) is 2.87. The number of nitrogens with one attached hydrogen (secondary N) is 1. The largest absolute Gasteiger partial charge is 0.478 e. The van der Waals surface area contributed by atoms with E-state index in [0.717, 1.165) is 23.4 Å². The summed E-state index contributed by atoms with van der Waals surface area (Å²) in [6, 6.07) is 8.49. The molecule has 4 aromatic rings. The highest BCUT2D eigenvalue weighted by atomic mass is 35.5. The zero-order valence-corrected chi connectivity index (χ0v) is 24.3. The van der Waals surface area contributed by atoms with Crippen molar-refractivity contribution in [1.29, 1.82) is 0 Å². The summed E-state index contributed by atoms with van der Waals surface area (Å²) in [5.74, 6) is -1.53. The van der Waals surface area contributed by atoms with Crippen molar-refractivity contribution in [2.75, 3.05) is 14.1 Å². The number of hydrogen-bond donors (Lipinski definition) is 2. The number of carbonyl (C=O) groups excluding carboxylic acids is 2. The molecule has 7 nitrogen and oxygen atoms in total. The second kappa shape index (κ2) is 10.5. The summed E-state index contributed by atoms with van der Waals surface area (Å²) in [6.45, 7) is 1.86. The van der Waals surface area contributed by atoms with Gasteiger partial charge in [-0.3, -0.25) is 14.2 Å². The van der Waals surface area contributed by atoms with E-state index in [2.05, 4.69) is 4.98 Å². The number of carboxylic acid groups (broad SMARTS) is 1. The van der Waals surface area contributed by atoms with E-state index in [0.29, 0.717) is 51.3 Å². The molecule has 2 N–H and O–H groups in total. The predicted molar refractivity (Wildman–Crippen MR) is 159 cm³/mol. The summed E-state index contributed by atoms with van der Waals surface area (Å²) in [6.07, 6.45) is 7.97. The first-order chi connectivity index (χ1) is 19.0. The van der Waals surface area contributed by atoms with Crippen molar-refractivity contribution < 1.29 is 19.5 Å². The number of aromatic nitrogens is 2. The Morgan fingerprint density at radius 2 is 1.77 bits per heavy atom. The van der Waals surface area contributed by atoms with Gasteiger partial charge < -0.3 is 15.0 Å². The highest BCUT2D eigenvalue weighted by Crippen LogP contribution is 2.49. The molecule has 0 radical (unpaired) electrons. The van der Waals surface area contributed by atoms with Gasteiger partial charge in [0.2, 0.25) is 5.91 Å². The van der Waals surface area contributed by atoms with Crippen molar-refractivity contribution in [3.05, 3.63) is 86.3 Å². The number of amides is 1. The number of halogens is 3. The maximum atomic E-state index is 14.6. The Kier molecular flexibility index (Phi) is 7.33. The number of carboxylic acids is 1. The second-order valence-electron chi connectivity index (χ2n) is 10.2. The fourth-order valence-electron chi connectivity index (χ4n) is 5.65. The molecule has 0 unspecified atom stereocenters. The number of nitrogens with zero attached hydrogens (tertiary/aromatic N) is 2. The van der Waals surface area contributed by atoms with Crippen LogP contribution in [-0.4, -0.2) is 51.4 Å². The molecule has 0 spiro atoms. The van der Waals surface area contributed by atoms with Crippen LogP contribution in [0.25, 0.3) is 28.1 Å². The van der Waals surface area contributed by atoms with Gasteiger partial charge in [-0.15, -0.1) is 0 Å². The normalized spacial score (nSPS) is 14.4. The van der Waals surface area contributed by atoms with E-state index in [4.69, 9.17) is 39.9 Å². The molecule has 1 saturated carbocycles. The smallest absolute Gasteiger partial charge is 0.328 e. The number of H-pyrrole nitrogens is 1. The summed E-state index contributed by atoms with van der Waals surface area (Å²) in [7, 11) is 3.41. The first-order valence-electron chi connectivity index (χ1n) is 12.6. The minimum atomic E-state index is -1.07. The molecule has 1 fully saturated rings. The van der Waals surface area contributed by atoms with Crippen LogP contribution in [0.4, 0.5) is 0 Å². The number of aromatic amines is 1. The summed E-state index contributed by atoms with van der Waals surface area (Å²) < 4.78 is 1.53. The minimum Gasteiger partial charge on any atom is -0.478 e. The van der Waals surface area contributed by atoms with Crippen molar-refractivity contribution in [3.8, 4) is 11.1 Å². The second-order valence-corrected chi connectivity index (χ2v) is 11.5. The summed E-state index contributed by atoms with van der Waals surface area (Å²) in [4.78, 5) is 44.1. The number of hydrogen-bond acceptors (Lipinski definition) is 3. The van der Waals surface area contributed by atoms with Gasteiger partial charge in [-0.2, -0.15) is 0 Å². The molecule has 1 aliphatic rings. The molecular weight excluding hydrogens is 573 g/mol. The molecule has 0 atom stereocenters. The number of carbonyl (C=O) groups is 3. The quantitative estimate of drug-likeness (QED) is 0.229. The molecular formula is C30H26Cl3N3O4. The van der Waals surface area contributed by atoms with Crippen LogP contribution in [0.2, 0.25) is 15.1 Å². The number of aliphatic carboxylic acids is 1. The first-order valence-corrected chi connectivity index (χ1v) is 13.7. The SMILES string of the molecule is Cc1cn(C(=O)c2c(-c3c(Cl)cc(Cl)cc3Cl)c[nH]c2C2(C(=O)N(C)C)CCC2)c2cccc(/C=C/C(=O)O)c12. The first kappa shape index (κ1) is 28.0. The Balaban J connectivity index is 1.78. The standard InChI is InChI=1S/C30H26Cl3N3O4/c1-16-15-36(22-7-4-6-17(24(16)22)8-9-23(37)38)28(39)26-19(25-20(32)12-18(31)13-21(25)33)14-34-27(26)30(10-5-11-30)29(40)35(2)3/h4,6-9,12-15,34H,5,10-11H2,1-3H3,(H,37,38)/b9-8+. The average Bonchev–Trinajstić information content (AvgIpc) is 3.43. The lowest BCUT2D eigenvalue weighted by atomic mass is 9.64. The third-order valence-electron chi connectivity index (χ3n) is 7.55. The van der Waals surface area contributed by atoms with Gasteiger partial charge in [-0.1, -0.05) is 53.4 Å². The number of benzene rings is 2. The van der Waals surface area contributed by atoms with Gasteiger partial charge in [0.15, 0.2) is 0 Å². The molecule has 2 heterocycles. The van der Waals surface area contributed by atoms with E-state index in [1.807, 2.05) is 6.92 Å². The lowest BCUT2D eigenvalue weighted by Gasteiger charge is -2.42. The highest BCUT2D eigenvalue weighted by molar-refractivity contribution is 6.42. The van der Waals surface area contributed by atoms with Crippen LogP contribution in [0.5, 0.6) is 0 Å². The van der Waals surface area contributed by atoms with Crippen molar-refractivity contribution in [3.63, 3.8) is 0 Å². The van der Waals surface area contributed by atoms with Crippen LogP contribution in [-0.2, 0) is 15.0 Å². The third kappa shape index (κ3) is 4.52. The van der Waals surface area contributed by atoms with E-state index < -0.39 is 11.4 Å². The van der Waals surface area contributed by atoms with Crippen molar-refractivity contribution >= 4 is 69.6 Å². The highest BCUT2D eigenvalue weighted by Gasteiger charge is 2.50. The van der Waals surface area contributed by atoms with Crippen molar-refractivity contribution in [1.82, 2.24) is 14.5 Å². The Hall–Kier alpha value is -3.52. The fourth-order valence-corrected chi connectivity index (χ4v) is 6.67. The van der Waals surface area contributed by atoms with Crippen molar-refractivity contribution in [2.45, 2.75) is 31.6 Å². The van der Waals surface area contributed by atoms with Crippen LogP contribution in [0.3, 0.4) is 0 Å². The van der Waals surface area contributed by atoms with Crippen LogP contribution < -0.4 is 0 Å². The molecule has 5 rings (SSSR count). The monoisotopic (exact) mass is 597 g/mol. The Morgan fingerprint density at radius 3 is 2.35 bits per heavy atom. The maximum absolute atomic E-state index is 14.6. The van der Waals surface area contributed by atoms with E-state index in [-0.39, 0.29) is 21.9 Å². The van der Waals surface area contributed by atoms with Gasteiger partial charge in [0.25, 0.3) is 5.91 Å². The summed E-state index contributed by atoms with van der Waals surface area (Å²) >= 11 is 19.4. The van der Waals surface area contributed by atoms with Crippen LogP contribution >= 0.6 is 34.8 Å². The molecule has 1 aliphatic carbocycles. The average molecular weight is 599 g/mol. The molecule has 2 aromatic heterocycles. The lowest BCUT2D eigenvalue weighted by Crippen LogP contribution is -2.49. The minimum absolute atomic E-state index is 0.0934. The molecule has 10 heteroatoms. The van der Waals surface area contributed by atoms with E-state index >= 15 is 0 Å². The number of rotatable bonds is 6. The van der Waals surface area contributed by atoms with E-state index in [9.17, 15) is 14.4 Å². The Bertz CT molecular complexity index is 1700. The number of fused-ring (bicyclic) bond motifs is 1. The van der Waals surface area contributed by atoms with Gasteiger partial charge >= 0.3 is 5.97 Å². The van der Waals surface area contributed by atoms with Gasteiger partial charge in [-0.25, -0.2) is 4.79 Å². The van der Waals surface area contributed by atoms with Crippen molar-refractivity contribution in [2.24, 2.45) is 0 Å². The van der Waals surface area contributed by atoms with E-state index in [1.54, 1.807) is 61.7 Å². The maximum Gasteiger partial charge on any atom is 0.328 e. The van der Waals surface area contributed by atoms with Gasteiger partial charge in [0.1, 0.15) is 0 Å². The molecule has 0 aliphatic heterocycles. The molecule has 206 valence electrons. The summed E-state index contributed by atoms with van der Waals surface area (Å²) in [5, 5.41) is 10.8. The molecule has 0 saturated heterocycles. The van der Waals surface area contributed by atoms with Gasteiger partial charge in [0, 0.05) is 59.8 Å². The number of aryl methyl sites for hydroxylation is 1. The number of likely N-dealkylation sites (N-methyl/N-ethyl adjacent to an activating group) is 1. The molecule has 2 aromatic carbocycles. The topological polar surface area (TPSA) is 95.4 Å². The molecule has 0 bridgehead atoms. The third-order valence-corrected chi connectivity index (χ3v) is 8.36. The van der Waals surface area contributed by atoms with Gasteiger partial charge in [0.05, 0.1) is 26.5 Å². The Morgan fingerprint density at radius 1 is 1.10 bits per heavy atom. The lowest BCUT2D eigenvalue weighted by molar-refractivity contribution is -0.138. The molecule has 1 amide bonds. The zero-order chi connectivity index (χ0) is 28.9. The molecule has 40 heavy (non-hydrogen) atoms. The van der Waals surface area contributed by atoms with Crippen LogP contribution in [0, 0.1) is 6.92 Å². The predicted octanol–water partition coefficient (Wildman–Crippen LogP) is 7.20. The van der Waals surface area contributed by atoms with Crippen LogP contribution in [0.1, 0.15) is 46.4 Å². The van der Waals surface area contributed by atoms with Gasteiger partial charge in [-0.05, 0) is 55.2 Å². The Labute approximate surface area is 245 Å². The zero-order valence-electron chi connectivity index (χ0n) is 22.0. The fraction of sp³-hybridized carbons (Fsp3) is 0.233.